The van der Waals surface area contributed by atoms with E-state index in [9.17, 15) is 0 Å². The molecule has 1 aromatic carbocycles. The Morgan fingerprint density at radius 2 is 1.20 bits per heavy atom. The van der Waals surface area contributed by atoms with E-state index in [0.717, 1.165) is 0 Å². The summed E-state index contributed by atoms with van der Waals surface area (Å²) >= 11 is 0. The lowest BCUT2D eigenvalue weighted by atomic mass is 10.0. The van der Waals surface area contributed by atoms with Gasteiger partial charge in [0.2, 0.25) is 0 Å². The molecule has 0 aliphatic carbocycles. The van der Waals surface area contributed by atoms with Crippen molar-refractivity contribution in [2.24, 2.45) is 5.73 Å². The number of aliphatic hydroxyl groups is 6. The monoisotopic (exact) mass is 289 g/mol. The fourth-order valence-electron chi connectivity index (χ4n) is 1.29. The highest BCUT2D eigenvalue weighted by molar-refractivity contribution is 5.13. The van der Waals surface area contributed by atoms with Crippen molar-refractivity contribution in [2.75, 3.05) is 13.2 Å². The van der Waals surface area contributed by atoms with Gasteiger partial charge < -0.3 is 36.4 Å². The van der Waals surface area contributed by atoms with E-state index in [-0.39, 0.29) is 0 Å². The molecule has 1 aromatic rings. The Morgan fingerprint density at radius 3 is 1.45 bits per heavy atom. The summed E-state index contributed by atoms with van der Waals surface area (Å²) in [4.78, 5) is 0. The molecule has 0 heterocycles. The van der Waals surface area contributed by atoms with Crippen molar-refractivity contribution in [3.63, 3.8) is 0 Å². The van der Waals surface area contributed by atoms with Crippen molar-refractivity contribution in [3.8, 4) is 0 Å². The first-order valence-corrected chi connectivity index (χ1v) is 6.15. The van der Waals surface area contributed by atoms with Gasteiger partial charge in [0.25, 0.3) is 0 Å². The summed E-state index contributed by atoms with van der Waals surface area (Å²) in [5, 5.41) is 52.2. The van der Waals surface area contributed by atoms with Gasteiger partial charge in [-0.25, -0.2) is 0 Å². The van der Waals surface area contributed by atoms with Crippen LogP contribution in [0.15, 0.2) is 30.3 Å². The van der Waals surface area contributed by atoms with E-state index in [2.05, 4.69) is 0 Å². The molecule has 0 saturated heterocycles. The van der Waals surface area contributed by atoms with Crippen LogP contribution < -0.4 is 5.73 Å². The van der Waals surface area contributed by atoms with Crippen LogP contribution in [0.5, 0.6) is 0 Å². The predicted molar refractivity (Wildman–Crippen MR) is 72.5 cm³/mol. The highest BCUT2D eigenvalue weighted by Crippen LogP contribution is 2.04. The fraction of sp³-hybridized carbons (Fsp3) is 0.538. The van der Waals surface area contributed by atoms with Crippen LogP contribution in [0, 0.1) is 0 Å². The zero-order valence-electron chi connectivity index (χ0n) is 11.1. The van der Waals surface area contributed by atoms with Gasteiger partial charge in [0.05, 0.1) is 13.2 Å². The average molecular weight is 289 g/mol. The Morgan fingerprint density at radius 1 is 0.800 bits per heavy atom. The van der Waals surface area contributed by atoms with Crippen molar-refractivity contribution in [1.29, 1.82) is 0 Å². The Bertz CT molecular complexity index is 323. The molecule has 116 valence electrons. The third-order valence-corrected chi connectivity index (χ3v) is 2.59. The van der Waals surface area contributed by atoms with Gasteiger partial charge in [0.15, 0.2) is 0 Å². The summed E-state index contributed by atoms with van der Waals surface area (Å²) in [5.74, 6) is 0. The molecule has 0 fully saturated rings. The first kappa shape index (κ1) is 18.9. The van der Waals surface area contributed by atoms with Crippen LogP contribution in [0.1, 0.15) is 5.56 Å². The summed E-state index contributed by atoms with van der Waals surface area (Å²) in [6.07, 6.45) is -6.39. The molecule has 0 saturated carbocycles. The van der Waals surface area contributed by atoms with Crippen LogP contribution in [-0.2, 0) is 6.54 Å². The molecule has 0 aromatic heterocycles. The molecule has 0 radical (unpaired) electrons. The smallest absolute Gasteiger partial charge is 0.111 e. The van der Waals surface area contributed by atoms with Gasteiger partial charge in [0.1, 0.15) is 24.4 Å². The van der Waals surface area contributed by atoms with E-state index in [4.69, 9.17) is 36.4 Å². The Balaban J connectivity index is 0.000000388. The summed E-state index contributed by atoms with van der Waals surface area (Å²) in [6.45, 7) is -0.812. The Kier molecular flexibility index (Phi) is 10.1. The molecular weight excluding hydrogens is 266 g/mol. The quantitative estimate of drug-likeness (QED) is 0.308. The lowest BCUT2D eigenvalue weighted by molar-refractivity contribution is -0.123. The van der Waals surface area contributed by atoms with Crippen LogP contribution in [0.2, 0.25) is 0 Å². The Hall–Kier alpha value is -1.06. The number of aliphatic hydroxyl groups excluding tert-OH is 6. The number of benzene rings is 1. The Labute approximate surface area is 117 Å². The second kappa shape index (κ2) is 10.7. The van der Waals surface area contributed by atoms with E-state index < -0.39 is 37.6 Å². The number of hydrogen-bond donors (Lipinski definition) is 7. The van der Waals surface area contributed by atoms with E-state index in [1.807, 2.05) is 30.3 Å². The van der Waals surface area contributed by atoms with Crippen LogP contribution in [0.25, 0.3) is 0 Å². The molecule has 7 nitrogen and oxygen atoms in total. The lowest BCUT2D eigenvalue weighted by Gasteiger charge is -2.24. The molecule has 0 amide bonds. The van der Waals surface area contributed by atoms with E-state index in [1.54, 1.807) is 0 Å². The zero-order chi connectivity index (χ0) is 15.5. The average Bonchev–Trinajstić information content (AvgIpc) is 2.53. The molecule has 0 aliphatic heterocycles. The third kappa shape index (κ3) is 6.92. The fourth-order valence-corrected chi connectivity index (χ4v) is 1.29. The molecule has 20 heavy (non-hydrogen) atoms. The van der Waals surface area contributed by atoms with Gasteiger partial charge in [-0.15, -0.1) is 0 Å². The highest BCUT2D eigenvalue weighted by Gasteiger charge is 2.29. The zero-order valence-corrected chi connectivity index (χ0v) is 11.1. The molecule has 0 spiro atoms. The van der Waals surface area contributed by atoms with Gasteiger partial charge in [-0.3, -0.25) is 0 Å². The maximum Gasteiger partial charge on any atom is 0.111 e. The summed E-state index contributed by atoms with van der Waals surface area (Å²) in [7, 11) is 0. The summed E-state index contributed by atoms with van der Waals surface area (Å²) in [6, 6.07) is 9.99. The molecule has 1 rings (SSSR count). The molecule has 0 aliphatic rings. The SMILES string of the molecule is NCc1ccccc1.OC[C@@H](O)[C@@H](O)[C@H](O)[C@@H](O)CO. The van der Waals surface area contributed by atoms with Gasteiger partial charge in [-0.2, -0.15) is 0 Å². The lowest BCUT2D eigenvalue weighted by Crippen LogP contribution is -2.46. The van der Waals surface area contributed by atoms with Crippen molar-refractivity contribution in [1.82, 2.24) is 0 Å². The number of hydrogen-bond acceptors (Lipinski definition) is 7. The normalized spacial score (nSPS) is 16.6. The van der Waals surface area contributed by atoms with Gasteiger partial charge in [0, 0.05) is 6.54 Å². The van der Waals surface area contributed by atoms with Crippen molar-refractivity contribution in [2.45, 2.75) is 31.0 Å². The minimum Gasteiger partial charge on any atom is -0.394 e. The highest BCUT2D eigenvalue weighted by atomic mass is 16.4. The molecule has 8 N–H and O–H groups in total. The molecule has 4 atom stereocenters. The number of nitrogens with two attached hydrogens (primary N) is 1. The summed E-state index contributed by atoms with van der Waals surface area (Å²) in [5.41, 5.74) is 6.54. The number of rotatable bonds is 6. The van der Waals surface area contributed by atoms with E-state index in [0.29, 0.717) is 6.54 Å². The van der Waals surface area contributed by atoms with Gasteiger partial charge in [-0.1, -0.05) is 30.3 Å². The van der Waals surface area contributed by atoms with Crippen LogP contribution in [-0.4, -0.2) is 68.3 Å². The second-order valence-corrected chi connectivity index (χ2v) is 4.17. The molecular formula is C13H23NO6. The van der Waals surface area contributed by atoms with Gasteiger partial charge >= 0.3 is 0 Å². The van der Waals surface area contributed by atoms with Crippen molar-refractivity contribution >= 4 is 0 Å². The largest absolute Gasteiger partial charge is 0.394 e. The van der Waals surface area contributed by atoms with Crippen LogP contribution >= 0.6 is 0 Å². The van der Waals surface area contributed by atoms with Crippen LogP contribution in [0.4, 0.5) is 0 Å². The molecule has 0 unspecified atom stereocenters. The maximum absolute atomic E-state index is 8.96. The van der Waals surface area contributed by atoms with E-state index in [1.165, 1.54) is 5.56 Å². The first-order chi connectivity index (χ1) is 9.47. The molecule has 0 bridgehead atoms. The van der Waals surface area contributed by atoms with Crippen molar-refractivity contribution in [3.05, 3.63) is 35.9 Å². The topological polar surface area (TPSA) is 147 Å². The standard InChI is InChI=1S/C7H9N.C6H14O6/c8-6-7-4-2-1-3-5-7;7-1-3(9)5(11)6(12)4(10)2-8/h1-5H,6,8H2;3-12H,1-2H2/t;3-,4+,5-,6-/m.1/s1. The van der Waals surface area contributed by atoms with Crippen LogP contribution in [0.3, 0.4) is 0 Å². The third-order valence-electron chi connectivity index (χ3n) is 2.59. The molecule has 7 heteroatoms. The van der Waals surface area contributed by atoms with Gasteiger partial charge in [-0.05, 0) is 5.56 Å². The minimum atomic E-state index is -1.67. The first-order valence-electron chi connectivity index (χ1n) is 6.15. The maximum atomic E-state index is 8.96. The second-order valence-electron chi connectivity index (χ2n) is 4.17. The summed E-state index contributed by atoms with van der Waals surface area (Å²) < 4.78 is 0. The minimum absolute atomic E-state index is 0.640. The van der Waals surface area contributed by atoms with E-state index >= 15 is 0 Å². The van der Waals surface area contributed by atoms with Crippen molar-refractivity contribution < 1.29 is 30.6 Å². The predicted octanol–water partition coefficient (Wildman–Crippen LogP) is -2.44.